The van der Waals surface area contributed by atoms with Gasteiger partial charge < -0.3 is 9.64 Å². The minimum atomic E-state index is -0.0229. The zero-order chi connectivity index (χ0) is 14.7. The van der Waals surface area contributed by atoms with Crippen molar-refractivity contribution in [2.75, 3.05) is 13.1 Å². The van der Waals surface area contributed by atoms with Crippen molar-refractivity contribution in [1.82, 2.24) is 14.9 Å². The van der Waals surface area contributed by atoms with Gasteiger partial charge >= 0.3 is 6.01 Å². The Balaban J connectivity index is 1.57. The Hall–Kier alpha value is -1.36. The maximum absolute atomic E-state index is 12.5. The Morgan fingerprint density at radius 2 is 1.90 bits per heavy atom. The summed E-state index contributed by atoms with van der Waals surface area (Å²) in [6, 6.07) is 0.333. The number of hydrogen-bond acceptors (Lipinski definition) is 4. The van der Waals surface area contributed by atoms with Gasteiger partial charge in [0, 0.05) is 12.5 Å². The third kappa shape index (κ3) is 3.64. The Morgan fingerprint density at radius 1 is 1.19 bits per heavy atom. The first-order valence-electron chi connectivity index (χ1n) is 7.65. The molecule has 6 heteroatoms. The summed E-state index contributed by atoms with van der Waals surface area (Å²) in [5, 5.41) is 0.490. The van der Waals surface area contributed by atoms with Crippen LogP contribution in [0, 0.1) is 5.92 Å². The zero-order valence-corrected chi connectivity index (χ0v) is 12.8. The number of hydrogen-bond donors (Lipinski definition) is 0. The van der Waals surface area contributed by atoms with Crippen LogP contribution < -0.4 is 4.74 Å². The van der Waals surface area contributed by atoms with Crippen LogP contribution >= 0.6 is 11.6 Å². The summed E-state index contributed by atoms with van der Waals surface area (Å²) in [6.07, 6.45) is 9.37. The summed E-state index contributed by atoms with van der Waals surface area (Å²) in [5.74, 6) is 0.536. The average molecular weight is 310 g/mol. The highest BCUT2D eigenvalue weighted by atomic mass is 35.5. The summed E-state index contributed by atoms with van der Waals surface area (Å²) < 4.78 is 5.78. The molecule has 0 spiro atoms. The van der Waals surface area contributed by atoms with Gasteiger partial charge in [-0.15, -0.1) is 0 Å². The fourth-order valence-corrected chi connectivity index (χ4v) is 3.27. The summed E-state index contributed by atoms with van der Waals surface area (Å²) in [5.41, 5.74) is 0. The van der Waals surface area contributed by atoms with Crippen molar-refractivity contribution in [2.24, 2.45) is 5.92 Å². The molecule has 3 rings (SSSR count). The molecule has 1 aliphatic carbocycles. The zero-order valence-electron chi connectivity index (χ0n) is 12.0. The minimum absolute atomic E-state index is 0.0229. The first kappa shape index (κ1) is 14.6. The maximum Gasteiger partial charge on any atom is 0.316 e. The highest BCUT2D eigenvalue weighted by molar-refractivity contribution is 6.30. The average Bonchev–Trinajstić information content (AvgIpc) is 3.03. The molecule has 1 unspecified atom stereocenters. The number of halogens is 1. The van der Waals surface area contributed by atoms with Gasteiger partial charge in [-0.25, -0.2) is 9.97 Å². The summed E-state index contributed by atoms with van der Waals surface area (Å²) >= 11 is 5.76. The maximum atomic E-state index is 12.5. The smallest absolute Gasteiger partial charge is 0.316 e. The first-order valence-corrected chi connectivity index (χ1v) is 8.03. The Morgan fingerprint density at radius 3 is 2.62 bits per heavy atom. The van der Waals surface area contributed by atoms with Crippen LogP contribution in [0.3, 0.4) is 0 Å². The van der Waals surface area contributed by atoms with Gasteiger partial charge in [-0.2, -0.15) is 0 Å². The molecule has 5 nitrogen and oxygen atoms in total. The predicted molar refractivity (Wildman–Crippen MR) is 79.2 cm³/mol. The molecule has 0 radical (unpaired) electrons. The Kier molecular flexibility index (Phi) is 4.58. The number of piperidine rings is 1. The second-order valence-corrected chi connectivity index (χ2v) is 6.27. The molecule has 1 saturated carbocycles. The number of carbonyl (C=O) groups excluding carboxylic acids is 1. The van der Waals surface area contributed by atoms with Crippen molar-refractivity contribution in [3.63, 3.8) is 0 Å². The van der Waals surface area contributed by atoms with Gasteiger partial charge in [0.2, 0.25) is 5.91 Å². The number of aromatic nitrogens is 2. The molecule has 1 aromatic heterocycles. The molecule has 0 bridgehead atoms. The number of nitrogens with zero attached hydrogens (tertiary/aromatic N) is 3. The van der Waals surface area contributed by atoms with Gasteiger partial charge in [-0.3, -0.25) is 4.79 Å². The number of carbonyl (C=O) groups is 1. The van der Waals surface area contributed by atoms with E-state index in [0.717, 1.165) is 32.2 Å². The number of ether oxygens (including phenoxy) is 1. The van der Waals surface area contributed by atoms with E-state index in [9.17, 15) is 4.79 Å². The summed E-state index contributed by atoms with van der Waals surface area (Å²) in [6.45, 7) is 1.48. The van der Waals surface area contributed by atoms with E-state index in [1.165, 1.54) is 25.2 Å². The first-order chi connectivity index (χ1) is 10.2. The Bertz CT molecular complexity index is 488. The second kappa shape index (κ2) is 6.60. The number of rotatable bonds is 3. The van der Waals surface area contributed by atoms with Crippen molar-refractivity contribution >= 4 is 17.5 Å². The molecule has 0 aromatic carbocycles. The van der Waals surface area contributed by atoms with Crippen molar-refractivity contribution in [1.29, 1.82) is 0 Å². The molecule has 114 valence electrons. The molecule has 2 fully saturated rings. The largest absolute Gasteiger partial charge is 0.458 e. The molecule has 0 N–H and O–H groups in total. The lowest BCUT2D eigenvalue weighted by Gasteiger charge is -2.33. The van der Waals surface area contributed by atoms with Gasteiger partial charge in [-0.1, -0.05) is 24.4 Å². The summed E-state index contributed by atoms with van der Waals surface area (Å²) in [4.78, 5) is 22.5. The van der Waals surface area contributed by atoms with Gasteiger partial charge in [0.15, 0.2) is 0 Å². The molecular formula is C15H20ClN3O2. The van der Waals surface area contributed by atoms with Crippen LogP contribution in [-0.4, -0.2) is 40.0 Å². The van der Waals surface area contributed by atoms with E-state index in [0.29, 0.717) is 23.5 Å². The van der Waals surface area contributed by atoms with Gasteiger partial charge in [0.25, 0.3) is 0 Å². The van der Waals surface area contributed by atoms with Crippen LogP contribution in [-0.2, 0) is 4.79 Å². The van der Waals surface area contributed by atoms with Crippen LogP contribution in [0.2, 0.25) is 5.02 Å². The third-order valence-corrected chi connectivity index (χ3v) is 4.46. The summed E-state index contributed by atoms with van der Waals surface area (Å²) in [7, 11) is 0. The van der Waals surface area contributed by atoms with E-state index in [1.54, 1.807) is 0 Å². The minimum Gasteiger partial charge on any atom is -0.458 e. The van der Waals surface area contributed by atoms with Crippen LogP contribution in [0.1, 0.15) is 38.5 Å². The van der Waals surface area contributed by atoms with E-state index in [2.05, 4.69) is 9.97 Å². The highest BCUT2D eigenvalue weighted by Crippen LogP contribution is 2.28. The number of amides is 1. The normalized spacial score (nSPS) is 23.3. The van der Waals surface area contributed by atoms with Crippen LogP contribution in [0.25, 0.3) is 0 Å². The van der Waals surface area contributed by atoms with E-state index in [-0.39, 0.29) is 12.0 Å². The van der Waals surface area contributed by atoms with E-state index in [1.807, 2.05) is 4.90 Å². The third-order valence-electron chi connectivity index (χ3n) is 4.26. The Labute approximate surface area is 129 Å². The second-order valence-electron chi connectivity index (χ2n) is 5.83. The van der Waals surface area contributed by atoms with Crippen molar-refractivity contribution in [2.45, 2.75) is 44.6 Å². The molecule has 2 heterocycles. The molecule has 1 atom stereocenters. The number of likely N-dealkylation sites (tertiary alicyclic amines) is 1. The molecule has 1 amide bonds. The standard InChI is InChI=1S/C15H20ClN3O2/c16-12-8-17-15(18-9-12)21-13-6-3-7-19(10-13)14(20)11-4-1-2-5-11/h8-9,11,13H,1-7,10H2. The molecular weight excluding hydrogens is 290 g/mol. The topological polar surface area (TPSA) is 55.3 Å². The van der Waals surface area contributed by atoms with Crippen LogP contribution in [0.4, 0.5) is 0 Å². The lowest BCUT2D eigenvalue weighted by atomic mass is 10.0. The fourth-order valence-electron chi connectivity index (χ4n) is 3.18. The lowest BCUT2D eigenvalue weighted by Crippen LogP contribution is -2.46. The highest BCUT2D eigenvalue weighted by Gasteiger charge is 2.31. The van der Waals surface area contributed by atoms with E-state index < -0.39 is 0 Å². The van der Waals surface area contributed by atoms with Crippen LogP contribution in [0.15, 0.2) is 12.4 Å². The van der Waals surface area contributed by atoms with E-state index >= 15 is 0 Å². The molecule has 2 aliphatic rings. The monoisotopic (exact) mass is 309 g/mol. The van der Waals surface area contributed by atoms with Crippen molar-refractivity contribution in [3.8, 4) is 6.01 Å². The predicted octanol–water partition coefficient (Wildman–Crippen LogP) is 2.69. The lowest BCUT2D eigenvalue weighted by molar-refractivity contribution is -0.138. The molecule has 1 aromatic rings. The molecule has 21 heavy (non-hydrogen) atoms. The van der Waals surface area contributed by atoms with E-state index in [4.69, 9.17) is 16.3 Å². The quantitative estimate of drug-likeness (QED) is 0.861. The fraction of sp³-hybridized carbons (Fsp3) is 0.667. The SMILES string of the molecule is O=C(C1CCCC1)N1CCCC(Oc2ncc(Cl)cn2)C1. The molecule has 1 saturated heterocycles. The van der Waals surface area contributed by atoms with Crippen LogP contribution in [0.5, 0.6) is 6.01 Å². The van der Waals surface area contributed by atoms with Gasteiger partial charge in [-0.05, 0) is 25.7 Å². The van der Waals surface area contributed by atoms with Gasteiger partial charge in [0.05, 0.1) is 24.0 Å². The molecule has 1 aliphatic heterocycles. The van der Waals surface area contributed by atoms with Gasteiger partial charge in [0.1, 0.15) is 6.10 Å². The van der Waals surface area contributed by atoms with Crippen molar-refractivity contribution in [3.05, 3.63) is 17.4 Å². The van der Waals surface area contributed by atoms with Crippen molar-refractivity contribution < 1.29 is 9.53 Å².